The van der Waals surface area contributed by atoms with E-state index >= 15 is 0 Å². The van der Waals surface area contributed by atoms with Crippen LogP contribution in [0.25, 0.3) is 0 Å². The van der Waals surface area contributed by atoms with Gasteiger partial charge in [-0.2, -0.15) is 0 Å². The standard InChI is InChI=1S/C15H24N2O3/c1-10(2)7-12(16)15(19)17(3)9-11-5-6-13(18)14(8-11)20-4/h5-6,8,10,12,18H,7,9,16H2,1-4H3/t12-/m0/s1. The highest BCUT2D eigenvalue weighted by atomic mass is 16.5. The summed E-state index contributed by atoms with van der Waals surface area (Å²) in [5.74, 6) is 0.790. The van der Waals surface area contributed by atoms with E-state index in [2.05, 4.69) is 0 Å². The van der Waals surface area contributed by atoms with Crippen molar-refractivity contribution in [3.05, 3.63) is 23.8 Å². The number of methoxy groups -OCH3 is 1. The van der Waals surface area contributed by atoms with Crippen LogP contribution in [0.3, 0.4) is 0 Å². The molecule has 1 aromatic rings. The third-order valence-corrected chi connectivity index (χ3v) is 3.08. The molecule has 0 saturated carbocycles. The molecule has 0 radical (unpaired) electrons. The minimum atomic E-state index is -0.473. The Morgan fingerprint density at radius 2 is 2.10 bits per heavy atom. The first-order valence-electron chi connectivity index (χ1n) is 6.71. The highest BCUT2D eigenvalue weighted by molar-refractivity contribution is 5.81. The summed E-state index contributed by atoms with van der Waals surface area (Å²) in [7, 11) is 3.22. The van der Waals surface area contributed by atoms with Gasteiger partial charge in [-0.05, 0) is 30.0 Å². The van der Waals surface area contributed by atoms with Gasteiger partial charge in [-0.3, -0.25) is 4.79 Å². The number of ether oxygens (including phenoxy) is 1. The van der Waals surface area contributed by atoms with Gasteiger partial charge < -0.3 is 20.5 Å². The van der Waals surface area contributed by atoms with Gasteiger partial charge in [-0.1, -0.05) is 19.9 Å². The average molecular weight is 280 g/mol. The Bertz CT molecular complexity index is 460. The molecule has 0 fully saturated rings. The van der Waals surface area contributed by atoms with E-state index in [9.17, 15) is 9.90 Å². The lowest BCUT2D eigenvalue weighted by molar-refractivity contribution is -0.132. The van der Waals surface area contributed by atoms with E-state index in [-0.39, 0.29) is 11.7 Å². The minimum absolute atomic E-state index is 0.0780. The van der Waals surface area contributed by atoms with Gasteiger partial charge in [-0.15, -0.1) is 0 Å². The van der Waals surface area contributed by atoms with E-state index in [4.69, 9.17) is 10.5 Å². The van der Waals surface area contributed by atoms with E-state index in [1.165, 1.54) is 7.11 Å². The number of benzene rings is 1. The number of nitrogens with zero attached hydrogens (tertiary/aromatic N) is 1. The zero-order valence-electron chi connectivity index (χ0n) is 12.6. The van der Waals surface area contributed by atoms with E-state index in [1.54, 1.807) is 30.1 Å². The van der Waals surface area contributed by atoms with Gasteiger partial charge in [0.25, 0.3) is 0 Å². The first kappa shape index (κ1) is 16.3. The number of aromatic hydroxyl groups is 1. The van der Waals surface area contributed by atoms with Gasteiger partial charge in [-0.25, -0.2) is 0 Å². The maximum atomic E-state index is 12.1. The van der Waals surface area contributed by atoms with Crippen molar-refractivity contribution in [2.75, 3.05) is 14.2 Å². The summed E-state index contributed by atoms with van der Waals surface area (Å²) in [5, 5.41) is 9.54. The molecule has 0 aliphatic carbocycles. The first-order valence-corrected chi connectivity index (χ1v) is 6.71. The fourth-order valence-electron chi connectivity index (χ4n) is 2.06. The van der Waals surface area contributed by atoms with E-state index in [0.29, 0.717) is 24.6 Å². The number of carbonyl (C=O) groups excluding carboxylic acids is 1. The van der Waals surface area contributed by atoms with Crippen molar-refractivity contribution in [2.24, 2.45) is 11.7 Å². The number of likely N-dealkylation sites (N-methyl/N-ethyl adjacent to an activating group) is 1. The Morgan fingerprint density at radius 3 is 2.65 bits per heavy atom. The van der Waals surface area contributed by atoms with Crippen LogP contribution in [0.2, 0.25) is 0 Å². The van der Waals surface area contributed by atoms with Crippen LogP contribution in [0.5, 0.6) is 11.5 Å². The molecule has 1 rings (SSSR count). The molecule has 0 heterocycles. The molecule has 0 bridgehead atoms. The SMILES string of the molecule is COc1cc(CN(C)C(=O)[C@@H](N)CC(C)C)ccc1O. The molecule has 0 aromatic heterocycles. The van der Waals surface area contributed by atoms with Crippen molar-refractivity contribution in [2.45, 2.75) is 32.9 Å². The predicted octanol–water partition coefficient (Wildman–Crippen LogP) is 1.73. The van der Waals surface area contributed by atoms with E-state index in [1.807, 2.05) is 13.8 Å². The molecule has 0 spiro atoms. The van der Waals surface area contributed by atoms with Crippen LogP contribution in [0, 0.1) is 5.92 Å². The Kier molecular flexibility index (Phi) is 5.82. The smallest absolute Gasteiger partial charge is 0.239 e. The fourth-order valence-corrected chi connectivity index (χ4v) is 2.06. The van der Waals surface area contributed by atoms with Crippen LogP contribution in [0.1, 0.15) is 25.8 Å². The molecule has 112 valence electrons. The summed E-state index contributed by atoms with van der Waals surface area (Å²) in [6.07, 6.45) is 0.669. The Morgan fingerprint density at radius 1 is 1.45 bits per heavy atom. The number of rotatable bonds is 6. The minimum Gasteiger partial charge on any atom is -0.504 e. The first-order chi connectivity index (χ1) is 9.35. The summed E-state index contributed by atoms with van der Waals surface area (Å²) >= 11 is 0. The molecule has 20 heavy (non-hydrogen) atoms. The van der Waals surface area contributed by atoms with Gasteiger partial charge in [0, 0.05) is 13.6 Å². The number of phenolic OH excluding ortho intramolecular Hbond substituents is 1. The molecular weight excluding hydrogens is 256 g/mol. The highest BCUT2D eigenvalue weighted by Gasteiger charge is 2.19. The van der Waals surface area contributed by atoms with Crippen molar-refractivity contribution in [3.63, 3.8) is 0 Å². The Hall–Kier alpha value is -1.75. The highest BCUT2D eigenvalue weighted by Crippen LogP contribution is 2.26. The number of hydrogen-bond donors (Lipinski definition) is 2. The van der Waals surface area contributed by atoms with Gasteiger partial charge >= 0.3 is 0 Å². The summed E-state index contributed by atoms with van der Waals surface area (Å²) in [6.45, 7) is 4.51. The second-order valence-corrected chi connectivity index (χ2v) is 5.44. The van der Waals surface area contributed by atoms with E-state index < -0.39 is 6.04 Å². The molecule has 0 saturated heterocycles. The molecule has 5 heteroatoms. The monoisotopic (exact) mass is 280 g/mol. The number of hydrogen-bond acceptors (Lipinski definition) is 4. The molecule has 1 aromatic carbocycles. The van der Waals surface area contributed by atoms with Crippen LogP contribution in [-0.2, 0) is 11.3 Å². The van der Waals surface area contributed by atoms with E-state index in [0.717, 1.165) is 5.56 Å². The molecule has 0 aliphatic rings. The number of nitrogens with two attached hydrogens (primary N) is 1. The summed E-state index contributed by atoms with van der Waals surface area (Å²) < 4.78 is 5.05. The lowest BCUT2D eigenvalue weighted by Crippen LogP contribution is -2.42. The third kappa shape index (κ3) is 4.42. The summed E-state index contributed by atoms with van der Waals surface area (Å²) in [6, 6.07) is 4.56. The zero-order valence-corrected chi connectivity index (χ0v) is 12.6. The van der Waals surface area contributed by atoms with Crippen molar-refractivity contribution in [3.8, 4) is 11.5 Å². The van der Waals surface area contributed by atoms with Crippen molar-refractivity contribution in [1.29, 1.82) is 0 Å². The van der Waals surface area contributed by atoms with Crippen LogP contribution in [-0.4, -0.2) is 36.1 Å². The average Bonchev–Trinajstić information content (AvgIpc) is 2.39. The molecular formula is C15H24N2O3. The van der Waals surface area contributed by atoms with Gasteiger partial charge in [0.05, 0.1) is 13.2 Å². The number of phenols is 1. The van der Waals surface area contributed by atoms with Crippen molar-refractivity contribution in [1.82, 2.24) is 4.90 Å². The fraction of sp³-hybridized carbons (Fsp3) is 0.533. The molecule has 1 amide bonds. The van der Waals surface area contributed by atoms with Gasteiger partial charge in [0.2, 0.25) is 5.91 Å². The largest absolute Gasteiger partial charge is 0.504 e. The molecule has 0 unspecified atom stereocenters. The lowest BCUT2D eigenvalue weighted by Gasteiger charge is -2.22. The Balaban J connectivity index is 2.70. The number of carbonyl (C=O) groups is 1. The molecule has 1 atom stereocenters. The van der Waals surface area contributed by atoms with Gasteiger partial charge in [0.1, 0.15) is 0 Å². The number of amides is 1. The second kappa shape index (κ2) is 7.14. The Labute approximate surface area is 120 Å². The topological polar surface area (TPSA) is 75.8 Å². The molecule has 5 nitrogen and oxygen atoms in total. The lowest BCUT2D eigenvalue weighted by atomic mass is 10.0. The van der Waals surface area contributed by atoms with Crippen LogP contribution in [0.4, 0.5) is 0 Å². The predicted molar refractivity (Wildman–Crippen MR) is 78.6 cm³/mol. The molecule has 0 aliphatic heterocycles. The van der Waals surface area contributed by atoms with Crippen molar-refractivity contribution < 1.29 is 14.6 Å². The van der Waals surface area contributed by atoms with Gasteiger partial charge in [0.15, 0.2) is 11.5 Å². The zero-order chi connectivity index (χ0) is 15.3. The van der Waals surface area contributed by atoms with Crippen LogP contribution >= 0.6 is 0 Å². The summed E-state index contributed by atoms with van der Waals surface area (Å²) in [4.78, 5) is 13.7. The molecule has 3 N–H and O–H groups in total. The maximum Gasteiger partial charge on any atom is 0.239 e. The van der Waals surface area contributed by atoms with Crippen molar-refractivity contribution >= 4 is 5.91 Å². The third-order valence-electron chi connectivity index (χ3n) is 3.08. The summed E-state index contributed by atoms with van der Waals surface area (Å²) in [5.41, 5.74) is 6.78. The van der Waals surface area contributed by atoms with Crippen LogP contribution in [0.15, 0.2) is 18.2 Å². The second-order valence-electron chi connectivity index (χ2n) is 5.44. The maximum absolute atomic E-state index is 12.1. The van der Waals surface area contributed by atoms with Crippen LogP contribution < -0.4 is 10.5 Å². The normalized spacial score (nSPS) is 12.3. The quantitative estimate of drug-likeness (QED) is 0.832.